The Bertz CT molecular complexity index is 561. The van der Waals surface area contributed by atoms with E-state index in [-0.39, 0.29) is 11.8 Å². The Hall–Kier alpha value is -1.66. The molecule has 2 fully saturated rings. The monoisotopic (exact) mass is 321 g/mol. The number of nitrogens with zero attached hydrogens (tertiary/aromatic N) is 2. The van der Waals surface area contributed by atoms with Crippen molar-refractivity contribution in [2.45, 2.75) is 13.3 Å². The second-order valence-electron chi connectivity index (χ2n) is 6.36. The van der Waals surface area contributed by atoms with Gasteiger partial charge < -0.3 is 15.0 Å². The van der Waals surface area contributed by atoms with Gasteiger partial charge in [-0.15, -0.1) is 0 Å². The van der Waals surface area contributed by atoms with Gasteiger partial charge in [-0.2, -0.15) is 0 Å². The van der Waals surface area contributed by atoms with Crippen LogP contribution in [0.4, 0.5) is 14.9 Å². The molecule has 1 N–H and O–H groups in total. The number of ether oxygens (including phenoxy) is 1. The van der Waals surface area contributed by atoms with Crippen molar-refractivity contribution >= 4 is 11.7 Å². The third-order valence-corrected chi connectivity index (χ3v) is 4.70. The van der Waals surface area contributed by atoms with E-state index in [2.05, 4.69) is 10.2 Å². The number of nitrogens with one attached hydrogen (secondary N) is 1. The van der Waals surface area contributed by atoms with Gasteiger partial charge in [-0.05, 0) is 31.4 Å². The molecule has 2 amide bonds. The first-order valence-corrected chi connectivity index (χ1v) is 8.24. The fourth-order valence-electron chi connectivity index (χ4n) is 3.25. The Morgan fingerprint density at radius 2 is 2.13 bits per heavy atom. The van der Waals surface area contributed by atoms with Crippen molar-refractivity contribution in [2.24, 2.45) is 5.92 Å². The zero-order valence-electron chi connectivity index (χ0n) is 13.6. The molecule has 1 aromatic rings. The lowest BCUT2D eigenvalue weighted by Gasteiger charge is -2.29. The summed E-state index contributed by atoms with van der Waals surface area (Å²) in [7, 11) is 0. The molecule has 2 heterocycles. The molecule has 1 atom stereocenters. The van der Waals surface area contributed by atoms with E-state index in [0.29, 0.717) is 17.2 Å². The quantitative estimate of drug-likeness (QED) is 0.929. The lowest BCUT2D eigenvalue weighted by molar-refractivity contribution is 0.0314. The summed E-state index contributed by atoms with van der Waals surface area (Å²) in [5.41, 5.74) is 1.02. The van der Waals surface area contributed by atoms with Crippen LogP contribution in [0.5, 0.6) is 0 Å². The number of rotatable bonds is 3. The Kier molecular flexibility index (Phi) is 5.13. The molecule has 1 aromatic carbocycles. The van der Waals surface area contributed by atoms with E-state index < -0.39 is 0 Å². The maximum absolute atomic E-state index is 13.5. The van der Waals surface area contributed by atoms with Crippen molar-refractivity contribution < 1.29 is 13.9 Å². The van der Waals surface area contributed by atoms with Crippen molar-refractivity contribution in [2.75, 3.05) is 51.3 Å². The molecule has 0 aromatic heterocycles. The van der Waals surface area contributed by atoms with E-state index in [0.717, 1.165) is 52.4 Å². The Labute approximate surface area is 136 Å². The lowest BCUT2D eigenvalue weighted by atomic mass is 10.1. The highest BCUT2D eigenvalue weighted by Crippen LogP contribution is 2.21. The summed E-state index contributed by atoms with van der Waals surface area (Å²) in [6, 6.07) is 4.61. The molecule has 1 unspecified atom stereocenters. The maximum Gasteiger partial charge on any atom is 0.321 e. The minimum absolute atomic E-state index is 0.136. The molecule has 2 aliphatic rings. The summed E-state index contributed by atoms with van der Waals surface area (Å²) in [5.74, 6) is 0.210. The molecule has 5 nitrogen and oxygen atoms in total. The molecular weight excluding hydrogens is 297 g/mol. The van der Waals surface area contributed by atoms with Gasteiger partial charge in [-0.1, -0.05) is 6.07 Å². The molecule has 6 heteroatoms. The summed E-state index contributed by atoms with van der Waals surface area (Å²) in [6.45, 7) is 7.77. The van der Waals surface area contributed by atoms with Crippen LogP contribution in [0.1, 0.15) is 12.0 Å². The maximum atomic E-state index is 13.5. The first kappa shape index (κ1) is 16.2. The molecule has 23 heavy (non-hydrogen) atoms. The molecular formula is C17H24FN3O2. The predicted molar refractivity (Wildman–Crippen MR) is 87.1 cm³/mol. The fourth-order valence-corrected chi connectivity index (χ4v) is 3.25. The van der Waals surface area contributed by atoms with E-state index in [9.17, 15) is 9.18 Å². The number of morpholine rings is 1. The highest BCUT2D eigenvalue weighted by molar-refractivity contribution is 5.90. The van der Waals surface area contributed by atoms with Gasteiger partial charge in [-0.25, -0.2) is 9.18 Å². The van der Waals surface area contributed by atoms with Crippen molar-refractivity contribution in [3.63, 3.8) is 0 Å². The lowest BCUT2D eigenvalue weighted by Crippen LogP contribution is -2.40. The fraction of sp³-hybridized carbons (Fsp3) is 0.588. The number of anilines is 1. The third-order valence-electron chi connectivity index (χ3n) is 4.70. The number of hydrogen-bond donors (Lipinski definition) is 1. The average Bonchev–Trinajstić information content (AvgIpc) is 3.01. The average molecular weight is 321 g/mol. The van der Waals surface area contributed by atoms with E-state index in [1.54, 1.807) is 19.1 Å². The Morgan fingerprint density at radius 1 is 1.35 bits per heavy atom. The molecule has 126 valence electrons. The molecule has 2 aliphatic heterocycles. The number of likely N-dealkylation sites (tertiary alicyclic amines) is 1. The van der Waals surface area contributed by atoms with Gasteiger partial charge in [-0.3, -0.25) is 4.90 Å². The molecule has 3 rings (SSSR count). The first-order chi connectivity index (χ1) is 11.1. The predicted octanol–water partition coefficient (Wildman–Crippen LogP) is 2.32. The second-order valence-corrected chi connectivity index (χ2v) is 6.36. The van der Waals surface area contributed by atoms with Crippen molar-refractivity contribution in [1.82, 2.24) is 9.80 Å². The first-order valence-electron chi connectivity index (χ1n) is 8.24. The van der Waals surface area contributed by atoms with Crippen molar-refractivity contribution in [3.05, 3.63) is 29.6 Å². The number of carbonyl (C=O) groups is 1. The topological polar surface area (TPSA) is 44.8 Å². The van der Waals surface area contributed by atoms with Crippen LogP contribution in [0.25, 0.3) is 0 Å². The van der Waals surface area contributed by atoms with Crippen LogP contribution in [0.3, 0.4) is 0 Å². The highest BCUT2D eigenvalue weighted by atomic mass is 19.1. The van der Waals surface area contributed by atoms with Crippen LogP contribution < -0.4 is 5.32 Å². The van der Waals surface area contributed by atoms with Crippen molar-refractivity contribution in [1.29, 1.82) is 0 Å². The van der Waals surface area contributed by atoms with Gasteiger partial charge >= 0.3 is 6.03 Å². The molecule has 0 bridgehead atoms. The number of hydrogen-bond acceptors (Lipinski definition) is 3. The number of urea groups is 1. The number of amides is 2. The molecule has 0 aliphatic carbocycles. The number of benzene rings is 1. The van der Waals surface area contributed by atoms with Gasteiger partial charge in [0, 0.05) is 44.0 Å². The summed E-state index contributed by atoms with van der Waals surface area (Å²) in [5, 5.41) is 2.83. The number of carbonyl (C=O) groups excluding carboxylic acids is 1. The smallest absolute Gasteiger partial charge is 0.321 e. The normalized spacial score (nSPS) is 22.3. The van der Waals surface area contributed by atoms with Gasteiger partial charge in [0.05, 0.1) is 13.2 Å². The van der Waals surface area contributed by atoms with Crippen LogP contribution in [0.15, 0.2) is 18.2 Å². The molecule has 0 spiro atoms. The van der Waals surface area contributed by atoms with Crippen LogP contribution >= 0.6 is 0 Å². The van der Waals surface area contributed by atoms with E-state index in [4.69, 9.17) is 4.74 Å². The van der Waals surface area contributed by atoms with E-state index in [1.807, 2.05) is 4.90 Å². The zero-order chi connectivity index (χ0) is 16.2. The summed E-state index contributed by atoms with van der Waals surface area (Å²) in [6.07, 6.45) is 1.02. The molecule has 2 saturated heterocycles. The Balaban J connectivity index is 1.52. The van der Waals surface area contributed by atoms with Crippen LogP contribution in [0.2, 0.25) is 0 Å². The molecule has 0 radical (unpaired) electrons. The second kappa shape index (κ2) is 7.27. The third kappa shape index (κ3) is 4.00. The summed E-state index contributed by atoms with van der Waals surface area (Å²) < 4.78 is 18.9. The largest absolute Gasteiger partial charge is 0.379 e. The standard InChI is InChI=1S/C17H24FN3O2/c1-13-15(18)3-2-4-16(13)19-17(22)21-6-5-14(12-21)11-20-7-9-23-10-8-20/h2-4,14H,5-12H2,1H3,(H,19,22). The van der Waals surface area contributed by atoms with Crippen LogP contribution in [0, 0.1) is 18.7 Å². The van der Waals surface area contributed by atoms with Gasteiger partial charge in [0.1, 0.15) is 5.82 Å². The summed E-state index contributed by atoms with van der Waals surface area (Å²) in [4.78, 5) is 16.6. The van der Waals surface area contributed by atoms with Gasteiger partial charge in [0.15, 0.2) is 0 Å². The zero-order valence-corrected chi connectivity index (χ0v) is 13.6. The SMILES string of the molecule is Cc1c(F)cccc1NC(=O)N1CCC(CN2CCOCC2)C1. The van der Waals surface area contributed by atoms with Gasteiger partial charge in [0.2, 0.25) is 0 Å². The Morgan fingerprint density at radius 3 is 2.91 bits per heavy atom. The van der Waals surface area contributed by atoms with E-state index >= 15 is 0 Å². The van der Waals surface area contributed by atoms with E-state index in [1.165, 1.54) is 6.07 Å². The highest BCUT2D eigenvalue weighted by Gasteiger charge is 2.28. The van der Waals surface area contributed by atoms with Crippen LogP contribution in [-0.4, -0.2) is 61.8 Å². The van der Waals surface area contributed by atoms with Crippen molar-refractivity contribution in [3.8, 4) is 0 Å². The minimum atomic E-state index is -0.297. The van der Waals surface area contributed by atoms with Gasteiger partial charge in [0.25, 0.3) is 0 Å². The number of halogens is 1. The summed E-state index contributed by atoms with van der Waals surface area (Å²) >= 11 is 0. The van der Waals surface area contributed by atoms with Crippen LogP contribution in [-0.2, 0) is 4.74 Å². The molecule has 0 saturated carbocycles. The minimum Gasteiger partial charge on any atom is -0.379 e.